The molecule has 2 nitrogen and oxygen atoms in total. The van der Waals surface area contributed by atoms with Crippen molar-refractivity contribution in [3.63, 3.8) is 0 Å². The first kappa shape index (κ1) is 14.7. The Morgan fingerprint density at radius 2 is 2.10 bits per heavy atom. The number of hydrogen-bond donors (Lipinski definition) is 0. The van der Waals surface area contributed by atoms with Gasteiger partial charge in [0, 0.05) is 26.4 Å². The van der Waals surface area contributed by atoms with Gasteiger partial charge in [-0.3, -0.25) is 4.79 Å². The first-order valence-electron chi connectivity index (χ1n) is 7.25. The molecule has 1 unspecified atom stereocenters. The van der Waals surface area contributed by atoms with Crippen LogP contribution >= 0.6 is 23.1 Å². The minimum absolute atomic E-state index is 0.207. The lowest BCUT2D eigenvalue weighted by Gasteiger charge is -2.22. The summed E-state index contributed by atoms with van der Waals surface area (Å²) in [4.78, 5) is 18.3. The normalized spacial score (nSPS) is 18.2. The second kappa shape index (κ2) is 6.24. The van der Waals surface area contributed by atoms with Crippen LogP contribution in [0.15, 0.2) is 41.3 Å². The second-order valence-corrected chi connectivity index (χ2v) is 8.27. The van der Waals surface area contributed by atoms with Crippen LogP contribution in [0.2, 0.25) is 0 Å². The molecule has 0 N–H and O–H groups in total. The first-order chi connectivity index (χ1) is 10.1. The summed E-state index contributed by atoms with van der Waals surface area (Å²) >= 11 is 3.59. The molecule has 2 heterocycles. The quantitative estimate of drug-likeness (QED) is 0.812. The minimum atomic E-state index is 0.207. The Kier molecular flexibility index (Phi) is 4.36. The fourth-order valence-electron chi connectivity index (χ4n) is 2.57. The molecule has 0 radical (unpaired) electrons. The molecule has 4 heteroatoms. The zero-order valence-corrected chi connectivity index (χ0v) is 14.0. The Morgan fingerprint density at radius 1 is 1.29 bits per heavy atom. The number of carbonyl (C=O) groups is 1. The number of rotatable bonds is 2. The second-order valence-electron chi connectivity index (χ2n) is 5.42. The summed E-state index contributed by atoms with van der Waals surface area (Å²) in [5, 5.41) is 0.549. The van der Waals surface area contributed by atoms with Crippen molar-refractivity contribution in [3.05, 3.63) is 46.2 Å². The van der Waals surface area contributed by atoms with E-state index < -0.39 is 0 Å². The van der Waals surface area contributed by atoms with Gasteiger partial charge >= 0.3 is 0 Å². The summed E-state index contributed by atoms with van der Waals surface area (Å²) in [6, 6.07) is 12.4. The van der Waals surface area contributed by atoms with Gasteiger partial charge in [-0.2, -0.15) is 0 Å². The lowest BCUT2D eigenvalue weighted by Crippen LogP contribution is -2.33. The molecule has 0 bridgehead atoms. The van der Waals surface area contributed by atoms with E-state index in [2.05, 4.69) is 44.2 Å². The summed E-state index contributed by atoms with van der Waals surface area (Å²) in [7, 11) is 0. The fraction of sp³-hybridized carbons (Fsp3) is 0.353. The third-order valence-electron chi connectivity index (χ3n) is 3.67. The number of thiophene rings is 1. The molecular formula is C17H19NOS2. The SMILES string of the molecule is Cc1ccc(CC(=O)N2CCC(C)Sc3ccccc32)s1. The summed E-state index contributed by atoms with van der Waals surface area (Å²) in [5.41, 5.74) is 1.07. The van der Waals surface area contributed by atoms with Crippen LogP contribution in [0, 0.1) is 6.92 Å². The van der Waals surface area contributed by atoms with Crippen LogP contribution in [0.1, 0.15) is 23.1 Å². The molecule has 1 atom stereocenters. The van der Waals surface area contributed by atoms with E-state index in [4.69, 9.17) is 0 Å². The van der Waals surface area contributed by atoms with E-state index in [9.17, 15) is 4.79 Å². The van der Waals surface area contributed by atoms with Crippen LogP contribution < -0.4 is 4.90 Å². The Balaban J connectivity index is 1.85. The predicted molar refractivity (Wildman–Crippen MR) is 91.5 cm³/mol. The van der Waals surface area contributed by atoms with Crippen molar-refractivity contribution < 1.29 is 4.79 Å². The van der Waals surface area contributed by atoms with Crippen LogP contribution in [0.5, 0.6) is 0 Å². The zero-order valence-electron chi connectivity index (χ0n) is 12.3. The number of anilines is 1. The van der Waals surface area contributed by atoms with Crippen LogP contribution in [0.3, 0.4) is 0 Å². The molecule has 1 aliphatic heterocycles. The molecule has 1 amide bonds. The first-order valence-corrected chi connectivity index (χ1v) is 8.94. The van der Waals surface area contributed by atoms with Gasteiger partial charge in [-0.05, 0) is 37.6 Å². The van der Waals surface area contributed by atoms with E-state index >= 15 is 0 Å². The third-order valence-corrected chi connectivity index (χ3v) is 5.90. The summed E-state index contributed by atoms with van der Waals surface area (Å²) in [6.45, 7) is 5.13. The molecule has 0 fully saturated rings. The van der Waals surface area contributed by atoms with Crippen LogP contribution in [0.4, 0.5) is 5.69 Å². The Morgan fingerprint density at radius 3 is 2.86 bits per heavy atom. The highest BCUT2D eigenvalue weighted by atomic mass is 32.2. The summed E-state index contributed by atoms with van der Waals surface area (Å²) < 4.78 is 0. The van der Waals surface area contributed by atoms with Crippen molar-refractivity contribution in [1.29, 1.82) is 0 Å². The van der Waals surface area contributed by atoms with Gasteiger partial charge in [0.2, 0.25) is 5.91 Å². The highest BCUT2D eigenvalue weighted by Crippen LogP contribution is 2.37. The number of nitrogens with zero attached hydrogens (tertiary/aromatic N) is 1. The molecule has 0 saturated carbocycles. The Hall–Kier alpha value is -1.26. The molecule has 1 aromatic carbocycles. The maximum Gasteiger partial charge on any atom is 0.232 e. The molecule has 0 spiro atoms. The van der Waals surface area contributed by atoms with Crippen LogP contribution in [-0.4, -0.2) is 17.7 Å². The monoisotopic (exact) mass is 317 g/mol. The molecule has 110 valence electrons. The lowest BCUT2D eigenvalue weighted by molar-refractivity contribution is -0.118. The van der Waals surface area contributed by atoms with E-state index in [1.807, 2.05) is 22.7 Å². The van der Waals surface area contributed by atoms with E-state index in [-0.39, 0.29) is 5.91 Å². The molecule has 2 aromatic rings. The number of carbonyl (C=O) groups excluding carboxylic acids is 1. The van der Waals surface area contributed by atoms with Gasteiger partial charge in [0.25, 0.3) is 0 Å². The molecule has 0 saturated heterocycles. The van der Waals surface area contributed by atoms with E-state index in [1.165, 1.54) is 9.77 Å². The van der Waals surface area contributed by atoms with Crippen molar-refractivity contribution in [2.45, 2.75) is 36.8 Å². The van der Waals surface area contributed by atoms with Gasteiger partial charge in [0.15, 0.2) is 0 Å². The van der Waals surface area contributed by atoms with Crippen molar-refractivity contribution in [3.8, 4) is 0 Å². The van der Waals surface area contributed by atoms with Crippen molar-refractivity contribution in [1.82, 2.24) is 0 Å². The standard InChI is InChI=1S/C17H19NOS2/c1-12-7-8-14(20-12)11-17(19)18-10-9-13(2)21-16-6-4-3-5-15(16)18/h3-8,13H,9-11H2,1-2H3. The Bertz CT molecular complexity index is 650. The van der Waals surface area contributed by atoms with E-state index in [0.29, 0.717) is 11.7 Å². The van der Waals surface area contributed by atoms with Gasteiger partial charge < -0.3 is 4.90 Å². The maximum absolute atomic E-state index is 12.7. The van der Waals surface area contributed by atoms with E-state index in [0.717, 1.165) is 23.5 Å². The van der Waals surface area contributed by atoms with Gasteiger partial charge in [-0.1, -0.05) is 19.1 Å². The summed E-state index contributed by atoms with van der Waals surface area (Å²) in [5.74, 6) is 0.207. The fourth-order valence-corrected chi connectivity index (χ4v) is 4.56. The molecule has 21 heavy (non-hydrogen) atoms. The smallest absolute Gasteiger partial charge is 0.232 e. The van der Waals surface area contributed by atoms with Gasteiger partial charge in [-0.25, -0.2) is 0 Å². The molecule has 3 rings (SSSR count). The average Bonchev–Trinajstić information content (AvgIpc) is 2.77. The van der Waals surface area contributed by atoms with E-state index in [1.54, 1.807) is 11.3 Å². The van der Waals surface area contributed by atoms with Crippen molar-refractivity contribution >= 4 is 34.7 Å². The topological polar surface area (TPSA) is 20.3 Å². The van der Waals surface area contributed by atoms with Crippen LogP contribution in [-0.2, 0) is 11.2 Å². The average molecular weight is 317 g/mol. The number of amides is 1. The number of aryl methyl sites for hydroxylation is 1. The molecule has 1 aromatic heterocycles. The number of hydrogen-bond acceptors (Lipinski definition) is 3. The van der Waals surface area contributed by atoms with Gasteiger partial charge in [0.05, 0.1) is 12.1 Å². The van der Waals surface area contributed by atoms with Crippen molar-refractivity contribution in [2.24, 2.45) is 0 Å². The maximum atomic E-state index is 12.7. The summed E-state index contributed by atoms with van der Waals surface area (Å²) in [6.07, 6.45) is 1.54. The predicted octanol–water partition coefficient (Wildman–Crippen LogP) is 4.52. The number of thioether (sulfide) groups is 1. The highest BCUT2D eigenvalue weighted by Gasteiger charge is 2.24. The molecular weight excluding hydrogens is 298 g/mol. The van der Waals surface area contributed by atoms with Gasteiger partial charge in [-0.15, -0.1) is 23.1 Å². The molecule has 1 aliphatic rings. The largest absolute Gasteiger partial charge is 0.311 e. The Labute approximate surface area is 134 Å². The third kappa shape index (κ3) is 3.33. The number of para-hydroxylation sites is 1. The van der Waals surface area contributed by atoms with Gasteiger partial charge in [0.1, 0.15) is 0 Å². The number of benzene rings is 1. The zero-order chi connectivity index (χ0) is 14.8. The minimum Gasteiger partial charge on any atom is -0.311 e. The highest BCUT2D eigenvalue weighted by molar-refractivity contribution is 8.00. The van der Waals surface area contributed by atoms with Crippen molar-refractivity contribution in [2.75, 3.05) is 11.4 Å². The number of fused-ring (bicyclic) bond motifs is 1. The van der Waals surface area contributed by atoms with Crippen LogP contribution in [0.25, 0.3) is 0 Å². The lowest BCUT2D eigenvalue weighted by atomic mass is 10.2. The molecule has 0 aliphatic carbocycles.